The highest BCUT2D eigenvalue weighted by Crippen LogP contribution is 2.53. The Kier molecular flexibility index (Phi) is 3.84. The largest absolute Gasteiger partial charge is 0.396 e. The molecule has 2 aliphatic carbocycles. The Bertz CT molecular complexity index is 328. The van der Waals surface area contributed by atoms with E-state index in [0.717, 1.165) is 25.7 Å². The number of rotatable bonds is 2. The summed E-state index contributed by atoms with van der Waals surface area (Å²) in [6, 6.07) is 0. The van der Waals surface area contributed by atoms with Crippen LogP contribution in [0.15, 0.2) is 0 Å². The van der Waals surface area contributed by atoms with Gasteiger partial charge in [-0.2, -0.15) is 0 Å². The Balaban J connectivity index is 2.24. The summed E-state index contributed by atoms with van der Waals surface area (Å²) in [5.41, 5.74) is 0.0708. The van der Waals surface area contributed by atoms with Crippen molar-refractivity contribution in [3.8, 4) is 0 Å². The number of aliphatic hydroxyl groups excluding tert-OH is 2. The summed E-state index contributed by atoms with van der Waals surface area (Å²) in [6.45, 7) is 6.25. The van der Waals surface area contributed by atoms with Gasteiger partial charge in [0.15, 0.2) is 0 Å². The van der Waals surface area contributed by atoms with Crippen molar-refractivity contribution in [2.45, 2.75) is 52.6 Å². The lowest BCUT2D eigenvalue weighted by Gasteiger charge is -2.51. The molecule has 18 heavy (non-hydrogen) atoms. The average Bonchev–Trinajstić information content (AvgIpc) is 2.34. The van der Waals surface area contributed by atoms with Gasteiger partial charge in [0.05, 0.1) is 6.10 Å². The molecule has 3 heteroatoms. The molecular weight excluding hydrogens is 228 g/mol. The molecule has 6 atom stereocenters. The molecular formula is C15H26O3. The first-order valence-electron chi connectivity index (χ1n) is 7.23. The first kappa shape index (κ1) is 14.0. The van der Waals surface area contributed by atoms with Gasteiger partial charge in [0, 0.05) is 18.4 Å². The Morgan fingerprint density at radius 3 is 2.61 bits per heavy atom. The highest BCUT2D eigenvalue weighted by atomic mass is 16.3. The van der Waals surface area contributed by atoms with E-state index in [0.29, 0.717) is 0 Å². The van der Waals surface area contributed by atoms with Crippen molar-refractivity contribution in [2.75, 3.05) is 6.61 Å². The van der Waals surface area contributed by atoms with Gasteiger partial charge in [-0.1, -0.05) is 20.8 Å². The van der Waals surface area contributed by atoms with E-state index in [1.165, 1.54) is 0 Å². The minimum Gasteiger partial charge on any atom is -0.396 e. The standard InChI is InChI=1S/C15H26O3/c1-9(8-16)11-4-6-15(3)7-5-12(17)10(2)13(15)14(11)18/h9-13,16-17H,4-8H2,1-3H3/t9-,10+,11+,12+,13-,15+/m1/s1. The van der Waals surface area contributed by atoms with Crippen molar-refractivity contribution >= 4 is 5.78 Å². The number of hydrogen-bond acceptors (Lipinski definition) is 3. The van der Waals surface area contributed by atoms with E-state index >= 15 is 0 Å². The molecule has 0 unspecified atom stereocenters. The lowest BCUT2D eigenvalue weighted by atomic mass is 9.53. The molecule has 2 fully saturated rings. The highest BCUT2D eigenvalue weighted by Gasteiger charge is 2.52. The van der Waals surface area contributed by atoms with Crippen molar-refractivity contribution in [1.82, 2.24) is 0 Å². The van der Waals surface area contributed by atoms with Gasteiger partial charge >= 0.3 is 0 Å². The third-order valence-corrected chi connectivity index (χ3v) is 5.57. The van der Waals surface area contributed by atoms with Gasteiger partial charge in [-0.25, -0.2) is 0 Å². The van der Waals surface area contributed by atoms with Gasteiger partial charge in [0.25, 0.3) is 0 Å². The molecule has 2 saturated carbocycles. The fraction of sp³-hybridized carbons (Fsp3) is 0.933. The van der Waals surface area contributed by atoms with Gasteiger partial charge in [-0.3, -0.25) is 4.79 Å². The van der Waals surface area contributed by atoms with Crippen molar-refractivity contribution in [1.29, 1.82) is 0 Å². The second kappa shape index (κ2) is 4.93. The van der Waals surface area contributed by atoms with Crippen molar-refractivity contribution in [3.63, 3.8) is 0 Å². The predicted octanol–water partition coefficient (Wildman–Crippen LogP) is 2.01. The van der Waals surface area contributed by atoms with Crippen molar-refractivity contribution in [3.05, 3.63) is 0 Å². The monoisotopic (exact) mass is 254 g/mol. The number of Topliss-reactive ketones (excluding diaryl/α,β-unsaturated/α-hetero) is 1. The molecule has 0 radical (unpaired) electrons. The number of carbonyl (C=O) groups is 1. The lowest BCUT2D eigenvalue weighted by molar-refractivity contribution is -0.150. The molecule has 0 spiro atoms. The number of fused-ring (bicyclic) bond motifs is 1. The van der Waals surface area contributed by atoms with Gasteiger partial charge < -0.3 is 10.2 Å². The Hall–Kier alpha value is -0.410. The lowest BCUT2D eigenvalue weighted by Crippen LogP contribution is -2.52. The van der Waals surface area contributed by atoms with Crippen LogP contribution in [0.1, 0.15) is 46.5 Å². The minimum absolute atomic E-state index is 0.0131. The predicted molar refractivity (Wildman–Crippen MR) is 70.0 cm³/mol. The maximum atomic E-state index is 12.7. The molecule has 2 rings (SSSR count). The number of carbonyl (C=O) groups excluding carboxylic acids is 1. The molecule has 0 heterocycles. The molecule has 0 saturated heterocycles. The van der Waals surface area contributed by atoms with Crippen LogP contribution >= 0.6 is 0 Å². The molecule has 0 amide bonds. The van der Waals surface area contributed by atoms with Crippen LogP contribution in [-0.4, -0.2) is 28.7 Å². The summed E-state index contributed by atoms with van der Waals surface area (Å²) < 4.78 is 0. The van der Waals surface area contributed by atoms with Gasteiger partial charge in [0.2, 0.25) is 0 Å². The SMILES string of the molecule is C[C@H]1[C@@H](O)CC[C@]2(C)CC[C@@H]([C@H](C)CO)C(=O)[C@@H]12. The summed E-state index contributed by atoms with van der Waals surface area (Å²) >= 11 is 0. The fourth-order valence-corrected chi connectivity index (χ4v) is 4.19. The van der Waals surface area contributed by atoms with Crippen LogP contribution in [0, 0.1) is 29.1 Å². The second-order valence-corrected chi connectivity index (χ2v) is 6.80. The normalized spacial score (nSPS) is 46.6. The fourth-order valence-electron chi connectivity index (χ4n) is 4.19. The molecule has 2 aliphatic rings. The summed E-state index contributed by atoms with van der Waals surface area (Å²) in [7, 11) is 0. The first-order chi connectivity index (χ1) is 8.40. The summed E-state index contributed by atoms with van der Waals surface area (Å²) in [6.07, 6.45) is 3.39. The Morgan fingerprint density at radius 1 is 1.39 bits per heavy atom. The molecule has 3 nitrogen and oxygen atoms in total. The molecule has 0 aliphatic heterocycles. The van der Waals surface area contributed by atoms with E-state index in [1.807, 2.05) is 13.8 Å². The van der Waals surface area contributed by atoms with Crippen LogP contribution in [0.3, 0.4) is 0 Å². The molecule has 0 aromatic heterocycles. The summed E-state index contributed by atoms with van der Waals surface area (Å²) in [5, 5.41) is 19.3. The van der Waals surface area contributed by atoms with E-state index < -0.39 is 0 Å². The van der Waals surface area contributed by atoms with E-state index in [2.05, 4.69) is 6.92 Å². The molecule has 0 aromatic rings. The zero-order valence-corrected chi connectivity index (χ0v) is 11.7. The van der Waals surface area contributed by atoms with E-state index in [-0.39, 0.29) is 47.6 Å². The number of aliphatic hydroxyl groups is 2. The highest BCUT2D eigenvalue weighted by molar-refractivity contribution is 5.85. The zero-order valence-electron chi connectivity index (χ0n) is 11.7. The molecule has 0 aromatic carbocycles. The minimum atomic E-state index is -0.338. The second-order valence-electron chi connectivity index (χ2n) is 6.80. The maximum absolute atomic E-state index is 12.7. The van der Waals surface area contributed by atoms with Crippen molar-refractivity contribution in [2.24, 2.45) is 29.1 Å². The number of ketones is 1. The maximum Gasteiger partial charge on any atom is 0.140 e. The number of hydrogen-bond donors (Lipinski definition) is 2. The quantitative estimate of drug-likeness (QED) is 0.792. The van der Waals surface area contributed by atoms with Gasteiger partial charge in [0.1, 0.15) is 5.78 Å². The third-order valence-electron chi connectivity index (χ3n) is 5.57. The van der Waals surface area contributed by atoms with Crippen LogP contribution in [0.5, 0.6) is 0 Å². The van der Waals surface area contributed by atoms with E-state index in [9.17, 15) is 15.0 Å². The summed E-state index contributed by atoms with van der Waals surface area (Å²) in [4.78, 5) is 12.7. The first-order valence-corrected chi connectivity index (χ1v) is 7.23. The van der Waals surface area contributed by atoms with Crippen LogP contribution in [0.25, 0.3) is 0 Å². The smallest absolute Gasteiger partial charge is 0.140 e. The molecule has 0 bridgehead atoms. The van der Waals surface area contributed by atoms with Gasteiger partial charge in [-0.05, 0) is 42.9 Å². The molecule has 2 N–H and O–H groups in total. The van der Waals surface area contributed by atoms with E-state index in [1.54, 1.807) is 0 Å². The summed E-state index contributed by atoms with van der Waals surface area (Å²) in [5.74, 6) is 0.365. The average molecular weight is 254 g/mol. The Labute approximate surface area is 110 Å². The van der Waals surface area contributed by atoms with Crippen LogP contribution in [0.4, 0.5) is 0 Å². The molecule has 104 valence electrons. The zero-order chi connectivity index (χ0) is 13.5. The third kappa shape index (κ3) is 2.12. The van der Waals surface area contributed by atoms with Crippen molar-refractivity contribution < 1.29 is 15.0 Å². The van der Waals surface area contributed by atoms with E-state index in [4.69, 9.17) is 0 Å². The van der Waals surface area contributed by atoms with Crippen LogP contribution < -0.4 is 0 Å². The van der Waals surface area contributed by atoms with Crippen LogP contribution in [-0.2, 0) is 4.79 Å². The Morgan fingerprint density at radius 2 is 2.00 bits per heavy atom. The van der Waals surface area contributed by atoms with Gasteiger partial charge in [-0.15, -0.1) is 0 Å². The topological polar surface area (TPSA) is 57.5 Å². The van der Waals surface area contributed by atoms with Crippen LogP contribution in [0.2, 0.25) is 0 Å².